The smallest absolute Gasteiger partial charge is 0.416 e. The van der Waals surface area contributed by atoms with E-state index in [9.17, 15) is 18.0 Å². The van der Waals surface area contributed by atoms with Crippen LogP contribution in [0.3, 0.4) is 0 Å². The van der Waals surface area contributed by atoms with Gasteiger partial charge in [-0.15, -0.1) is 11.3 Å². The standard InChI is InChI=1S/C11H7F3O2S/c1-16-10(15)8-5-17-9-4-6(11(12,13)14)2-3-7(8)9/h2-5H,1H3. The molecule has 2 nitrogen and oxygen atoms in total. The van der Waals surface area contributed by atoms with Crippen molar-refractivity contribution < 1.29 is 22.7 Å². The van der Waals surface area contributed by atoms with Crippen molar-refractivity contribution in [2.24, 2.45) is 0 Å². The van der Waals surface area contributed by atoms with E-state index in [4.69, 9.17) is 0 Å². The molecule has 0 radical (unpaired) electrons. The van der Waals surface area contributed by atoms with E-state index in [1.165, 1.54) is 18.6 Å². The van der Waals surface area contributed by atoms with Gasteiger partial charge in [-0.3, -0.25) is 0 Å². The largest absolute Gasteiger partial charge is 0.465 e. The van der Waals surface area contributed by atoms with Gasteiger partial charge >= 0.3 is 12.1 Å². The molecular weight excluding hydrogens is 253 g/mol. The summed E-state index contributed by atoms with van der Waals surface area (Å²) >= 11 is 1.09. The fourth-order valence-corrected chi connectivity index (χ4v) is 2.44. The molecule has 1 aromatic heterocycles. The molecule has 0 N–H and O–H groups in total. The number of carbonyl (C=O) groups is 1. The SMILES string of the molecule is COC(=O)c1csc2cc(C(F)(F)F)ccc12. The van der Waals surface area contributed by atoms with Crippen LogP contribution in [-0.4, -0.2) is 13.1 Å². The van der Waals surface area contributed by atoms with Gasteiger partial charge in [0.05, 0.1) is 18.2 Å². The van der Waals surface area contributed by atoms with Crippen LogP contribution in [0, 0.1) is 0 Å². The predicted molar refractivity (Wildman–Crippen MR) is 58.2 cm³/mol. The molecule has 2 rings (SSSR count). The number of rotatable bonds is 1. The van der Waals surface area contributed by atoms with Crippen LogP contribution >= 0.6 is 11.3 Å². The number of benzene rings is 1. The second-order valence-corrected chi connectivity index (χ2v) is 4.26. The lowest BCUT2D eigenvalue weighted by Crippen LogP contribution is -2.04. The highest BCUT2D eigenvalue weighted by Crippen LogP contribution is 2.34. The fourth-order valence-electron chi connectivity index (χ4n) is 1.47. The minimum absolute atomic E-state index is 0.293. The highest BCUT2D eigenvalue weighted by Gasteiger charge is 2.30. The monoisotopic (exact) mass is 260 g/mol. The van der Waals surface area contributed by atoms with Gasteiger partial charge in [0.2, 0.25) is 0 Å². The number of fused-ring (bicyclic) bond motifs is 1. The second-order valence-electron chi connectivity index (χ2n) is 3.35. The van der Waals surface area contributed by atoms with E-state index < -0.39 is 17.7 Å². The summed E-state index contributed by atoms with van der Waals surface area (Å²) in [5.41, 5.74) is -0.426. The number of halogens is 3. The van der Waals surface area contributed by atoms with Crippen LogP contribution in [0.25, 0.3) is 10.1 Å². The topological polar surface area (TPSA) is 26.3 Å². The number of thiophene rings is 1. The van der Waals surface area contributed by atoms with Crippen molar-refractivity contribution in [3.8, 4) is 0 Å². The number of hydrogen-bond donors (Lipinski definition) is 0. The Balaban J connectivity index is 2.56. The summed E-state index contributed by atoms with van der Waals surface area (Å²) in [6.45, 7) is 0. The third-order valence-corrected chi connectivity index (χ3v) is 3.25. The maximum absolute atomic E-state index is 12.5. The summed E-state index contributed by atoms with van der Waals surface area (Å²) in [4.78, 5) is 11.3. The summed E-state index contributed by atoms with van der Waals surface area (Å²) in [5, 5.41) is 1.98. The molecule has 0 saturated heterocycles. The van der Waals surface area contributed by atoms with Crippen LogP contribution in [-0.2, 0) is 10.9 Å². The molecule has 1 heterocycles. The average molecular weight is 260 g/mol. The Bertz CT molecular complexity index is 572. The van der Waals surface area contributed by atoms with Crippen molar-refractivity contribution in [2.45, 2.75) is 6.18 Å². The number of alkyl halides is 3. The van der Waals surface area contributed by atoms with Crippen molar-refractivity contribution in [3.63, 3.8) is 0 Å². The van der Waals surface area contributed by atoms with Gasteiger partial charge in [0.25, 0.3) is 0 Å². The molecule has 0 spiro atoms. The normalized spacial score (nSPS) is 11.8. The number of carbonyl (C=O) groups excluding carboxylic acids is 1. The predicted octanol–water partition coefficient (Wildman–Crippen LogP) is 3.71. The van der Waals surface area contributed by atoms with Crippen LogP contribution in [0.5, 0.6) is 0 Å². The molecular formula is C11H7F3O2S. The van der Waals surface area contributed by atoms with Gasteiger partial charge < -0.3 is 4.74 Å². The fraction of sp³-hybridized carbons (Fsp3) is 0.182. The maximum atomic E-state index is 12.5. The van der Waals surface area contributed by atoms with Crippen LogP contribution < -0.4 is 0 Å². The van der Waals surface area contributed by atoms with Crippen molar-refractivity contribution >= 4 is 27.4 Å². The average Bonchev–Trinajstić information content (AvgIpc) is 2.69. The number of methoxy groups -OCH3 is 1. The zero-order chi connectivity index (χ0) is 12.6. The molecule has 0 saturated carbocycles. The molecule has 0 bridgehead atoms. The molecule has 6 heteroatoms. The number of esters is 1. The molecule has 2 aromatic rings. The molecule has 1 aromatic carbocycles. The van der Waals surface area contributed by atoms with E-state index in [1.54, 1.807) is 0 Å². The van der Waals surface area contributed by atoms with E-state index >= 15 is 0 Å². The molecule has 17 heavy (non-hydrogen) atoms. The zero-order valence-electron chi connectivity index (χ0n) is 8.67. The summed E-state index contributed by atoms with van der Waals surface area (Å²) in [6.07, 6.45) is -4.37. The van der Waals surface area contributed by atoms with E-state index in [0.29, 0.717) is 15.6 Å². The first kappa shape index (κ1) is 11.9. The third-order valence-electron chi connectivity index (χ3n) is 2.31. The van der Waals surface area contributed by atoms with Crippen LogP contribution in [0.2, 0.25) is 0 Å². The van der Waals surface area contributed by atoms with Gasteiger partial charge in [-0.25, -0.2) is 4.79 Å². The first-order valence-electron chi connectivity index (χ1n) is 4.60. The third kappa shape index (κ3) is 2.12. The van der Waals surface area contributed by atoms with Crippen molar-refractivity contribution in [1.82, 2.24) is 0 Å². The summed E-state index contributed by atoms with van der Waals surface area (Å²) in [7, 11) is 1.23. The van der Waals surface area contributed by atoms with Crippen molar-refractivity contribution in [1.29, 1.82) is 0 Å². The Hall–Kier alpha value is -1.56. The Morgan fingerprint density at radius 3 is 2.65 bits per heavy atom. The van der Waals surface area contributed by atoms with Crippen LogP contribution in [0.15, 0.2) is 23.6 Å². The second kappa shape index (κ2) is 4.03. The molecule has 0 aliphatic heterocycles. The van der Waals surface area contributed by atoms with Gasteiger partial charge in [-0.05, 0) is 12.1 Å². The Morgan fingerprint density at radius 2 is 2.06 bits per heavy atom. The van der Waals surface area contributed by atoms with E-state index in [2.05, 4.69) is 4.74 Å². The highest BCUT2D eigenvalue weighted by atomic mass is 32.1. The van der Waals surface area contributed by atoms with E-state index in [1.807, 2.05) is 0 Å². The van der Waals surface area contributed by atoms with Crippen molar-refractivity contribution in [2.75, 3.05) is 7.11 Å². The van der Waals surface area contributed by atoms with Gasteiger partial charge in [-0.1, -0.05) is 6.07 Å². The van der Waals surface area contributed by atoms with Crippen LogP contribution in [0.4, 0.5) is 13.2 Å². The van der Waals surface area contributed by atoms with E-state index in [-0.39, 0.29) is 0 Å². The summed E-state index contributed by atoms with van der Waals surface area (Å²) in [5.74, 6) is -0.545. The van der Waals surface area contributed by atoms with Gasteiger partial charge in [-0.2, -0.15) is 13.2 Å². The van der Waals surface area contributed by atoms with Gasteiger partial charge in [0.1, 0.15) is 0 Å². The van der Waals surface area contributed by atoms with Gasteiger partial charge in [0, 0.05) is 15.5 Å². The molecule has 0 atom stereocenters. The number of hydrogen-bond acceptors (Lipinski definition) is 3. The molecule has 0 aliphatic rings. The maximum Gasteiger partial charge on any atom is 0.416 e. The molecule has 90 valence electrons. The van der Waals surface area contributed by atoms with Crippen molar-refractivity contribution in [3.05, 3.63) is 34.7 Å². The molecule has 0 amide bonds. The lowest BCUT2D eigenvalue weighted by Gasteiger charge is -2.06. The Labute approximate surface area is 98.6 Å². The van der Waals surface area contributed by atoms with Gasteiger partial charge in [0.15, 0.2) is 0 Å². The lowest BCUT2D eigenvalue weighted by molar-refractivity contribution is -0.137. The molecule has 0 unspecified atom stereocenters. The molecule has 0 fully saturated rings. The Morgan fingerprint density at radius 1 is 1.35 bits per heavy atom. The minimum Gasteiger partial charge on any atom is -0.465 e. The highest BCUT2D eigenvalue weighted by molar-refractivity contribution is 7.17. The summed E-state index contributed by atoms with van der Waals surface area (Å²) in [6, 6.07) is 3.29. The lowest BCUT2D eigenvalue weighted by atomic mass is 10.1. The molecule has 0 aliphatic carbocycles. The first-order valence-corrected chi connectivity index (χ1v) is 5.48. The first-order chi connectivity index (χ1) is 7.93. The Kier molecular flexibility index (Phi) is 2.82. The van der Waals surface area contributed by atoms with E-state index in [0.717, 1.165) is 23.5 Å². The quantitative estimate of drug-likeness (QED) is 0.731. The summed E-state index contributed by atoms with van der Waals surface area (Å²) < 4.78 is 42.3. The number of ether oxygens (including phenoxy) is 1. The zero-order valence-corrected chi connectivity index (χ0v) is 9.48. The van der Waals surface area contributed by atoms with Crippen LogP contribution in [0.1, 0.15) is 15.9 Å². The minimum atomic E-state index is -4.37.